The first kappa shape index (κ1) is 20.4. The Labute approximate surface area is 187 Å². The highest BCUT2D eigenvalue weighted by Gasteiger charge is 2.32. The summed E-state index contributed by atoms with van der Waals surface area (Å²) in [5.41, 5.74) is 1.65. The number of ether oxygens (including phenoxy) is 1. The maximum Gasteiger partial charge on any atom is 0.231 e. The highest BCUT2D eigenvalue weighted by Crippen LogP contribution is 2.37. The number of aryl methyl sites for hydroxylation is 1. The van der Waals surface area contributed by atoms with Gasteiger partial charge in [0.15, 0.2) is 11.6 Å². The molecule has 0 radical (unpaired) electrons. The van der Waals surface area contributed by atoms with Crippen molar-refractivity contribution in [3.05, 3.63) is 41.2 Å². The molecule has 0 bridgehead atoms. The number of nitrogens with one attached hydrogen (secondary N) is 2. The fourth-order valence-electron chi connectivity index (χ4n) is 3.64. The summed E-state index contributed by atoms with van der Waals surface area (Å²) in [4.78, 5) is 15.7. The van der Waals surface area contributed by atoms with E-state index in [0.29, 0.717) is 23.5 Å². The van der Waals surface area contributed by atoms with Gasteiger partial charge in [-0.05, 0) is 19.8 Å². The Kier molecular flexibility index (Phi) is 5.69. The Morgan fingerprint density at radius 2 is 2.25 bits per heavy atom. The standard InChI is InChI=1S/C20H22N8O3S/c1-12-9-17(26-25-12)22-16-11-18(30-7-6-29)24-20(23-16)28-5-2-3-14(28)15-10-13(27-31-15)19-21-4-8-32-19/h4,8-11,14,29H,2-3,5-7H2,1H3,(H2,22,23,24,25,26)/t14-/m0/s1. The van der Waals surface area contributed by atoms with Crippen molar-refractivity contribution in [2.75, 3.05) is 30.0 Å². The van der Waals surface area contributed by atoms with Gasteiger partial charge in [0, 0.05) is 42.0 Å². The second kappa shape index (κ2) is 8.93. The number of nitrogens with zero attached hydrogens (tertiary/aromatic N) is 6. The third kappa shape index (κ3) is 4.27. The zero-order valence-corrected chi connectivity index (χ0v) is 18.2. The van der Waals surface area contributed by atoms with Crippen LogP contribution in [0, 0.1) is 6.92 Å². The van der Waals surface area contributed by atoms with Crippen LogP contribution in [0.15, 0.2) is 34.3 Å². The van der Waals surface area contributed by atoms with E-state index in [4.69, 9.17) is 19.4 Å². The van der Waals surface area contributed by atoms with Crippen LogP contribution < -0.4 is 15.0 Å². The van der Waals surface area contributed by atoms with Crippen molar-refractivity contribution < 1.29 is 14.4 Å². The number of aliphatic hydroxyl groups excluding tert-OH is 1. The van der Waals surface area contributed by atoms with E-state index in [1.807, 2.05) is 24.4 Å². The minimum atomic E-state index is -0.107. The lowest BCUT2D eigenvalue weighted by Crippen LogP contribution is -2.25. The van der Waals surface area contributed by atoms with Gasteiger partial charge in [0.1, 0.15) is 23.1 Å². The van der Waals surface area contributed by atoms with Crippen molar-refractivity contribution in [3.63, 3.8) is 0 Å². The molecule has 1 fully saturated rings. The molecule has 4 aromatic rings. The molecule has 0 saturated carbocycles. The van der Waals surface area contributed by atoms with Crippen molar-refractivity contribution in [1.82, 2.24) is 30.3 Å². The quantitative estimate of drug-likeness (QED) is 0.364. The average molecular weight is 455 g/mol. The Bertz CT molecular complexity index is 1180. The highest BCUT2D eigenvalue weighted by atomic mass is 32.1. The van der Waals surface area contributed by atoms with Crippen LogP contribution in [-0.4, -0.2) is 55.2 Å². The zero-order chi connectivity index (χ0) is 21.9. The fourth-order valence-corrected chi connectivity index (χ4v) is 4.23. The smallest absolute Gasteiger partial charge is 0.231 e. The van der Waals surface area contributed by atoms with Gasteiger partial charge in [-0.2, -0.15) is 15.1 Å². The predicted molar refractivity (Wildman–Crippen MR) is 118 cm³/mol. The summed E-state index contributed by atoms with van der Waals surface area (Å²) >= 11 is 1.52. The molecule has 4 aromatic heterocycles. The molecule has 5 heterocycles. The van der Waals surface area contributed by atoms with Crippen molar-refractivity contribution in [2.24, 2.45) is 0 Å². The number of aliphatic hydroxyl groups is 1. The maximum absolute atomic E-state index is 9.15. The van der Waals surface area contributed by atoms with Gasteiger partial charge in [-0.25, -0.2) is 4.98 Å². The first-order chi connectivity index (χ1) is 15.7. The first-order valence-corrected chi connectivity index (χ1v) is 11.1. The fraction of sp³-hybridized carbons (Fsp3) is 0.350. The molecule has 12 heteroatoms. The summed E-state index contributed by atoms with van der Waals surface area (Å²) in [5, 5.41) is 26.4. The Morgan fingerprint density at radius 1 is 1.31 bits per heavy atom. The molecule has 1 saturated heterocycles. The third-order valence-electron chi connectivity index (χ3n) is 5.01. The van der Waals surface area contributed by atoms with Gasteiger partial charge in [-0.15, -0.1) is 11.3 Å². The first-order valence-electron chi connectivity index (χ1n) is 10.2. The number of hydrogen-bond donors (Lipinski definition) is 3. The molecule has 3 N–H and O–H groups in total. The lowest BCUT2D eigenvalue weighted by molar-refractivity contribution is 0.196. The van der Waals surface area contributed by atoms with Crippen LogP contribution in [0.25, 0.3) is 10.7 Å². The summed E-state index contributed by atoms with van der Waals surface area (Å²) in [6, 6.07) is 5.44. The van der Waals surface area contributed by atoms with E-state index in [1.54, 1.807) is 12.3 Å². The molecule has 5 rings (SSSR count). The topological polar surface area (TPSA) is 138 Å². The Hall–Kier alpha value is -3.51. The highest BCUT2D eigenvalue weighted by molar-refractivity contribution is 7.13. The number of thiazole rings is 1. The normalized spacial score (nSPS) is 15.9. The molecule has 11 nitrogen and oxygen atoms in total. The maximum atomic E-state index is 9.15. The van der Waals surface area contributed by atoms with Crippen molar-refractivity contribution in [2.45, 2.75) is 25.8 Å². The summed E-state index contributed by atoms with van der Waals surface area (Å²) < 4.78 is 11.3. The van der Waals surface area contributed by atoms with Crippen LogP contribution in [0.5, 0.6) is 5.88 Å². The van der Waals surface area contributed by atoms with Gasteiger partial charge < -0.3 is 24.6 Å². The van der Waals surface area contributed by atoms with Crippen LogP contribution in [0.3, 0.4) is 0 Å². The van der Waals surface area contributed by atoms with E-state index in [9.17, 15) is 0 Å². The molecule has 1 aliphatic rings. The van der Waals surface area contributed by atoms with Crippen LogP contribution in [-0.2, 0) is 0 Å². The summed E-state index contributed by atoms with van der Waals surface area (Å²) in [7, 11) is 0. The minimum absolute atomic E-state index is 0.0511. The van der Waals surface area contributed by atoms with E-state index in [2.05, 4.69) is 35.5 Å². The van der Waals surface area contributed by atoms with E-state index in [1.165, 1.54) is 11.3 Å². The van der Waals surface area contributed by atoms with E-state index in [-0.39, 0.29) is 19.3 Å². The van der Waals surface area contributed by atoms with Gasteiger partial charge in [-0.3, -0.25) is 5.10 Å². The van der Waals surface area contributed by atoms with Crippen LogP contribution in [0.2, 0.25) is 0 Å². The number of aromatic amines is 1. The molecule has 1 aliphatic heterocycles. The average Bonchev–Trinajstić information content (AvgIpc) is 3.59. The number of aromatic nitrogens is 6. The molecule has 0 spiro atoms. The lowest BCUT2D eigenvalue weighted by atomic mass is 10.1. The third-order valence-corrected chi connectivity index (χ3v) is 5.81. The van der Waals surface area contributed by atoms with Crippen molar-refractivity contribution in [3.8, 4) is 16.6 Å². The molecule has 32 heavy (non-hydrogen) atoms. The number of hydrogen-bond acceptors (Lipinski definition) is 11. The largest absolute Gasteiger partial charge is 0.475 e. The van der Waals surface area contributed by atoms with Crippen molar-refractivity contribution in [1.29, 1.82) is 0 Å². The SMILES string of the molecule is Cc1cc(Nc2cc(OCCO)nc(N3CCC[C@H]3c3cc(-c4nccs4)no3)n2)n[nH]1. The number of rotatable bonds is 8. The molecule has 1 atom stereocenters. The lowest BCUT2D eigenvalue weighted by Gasteiger charge is -2.23. The number of H-pyrrole nitrogens is 1. The zero-order valence-electron chi connectivity index (χ0n) is 17.4. The Morgan fingerprint density at radius 3 is 3.03 bits per heavy atom. The molecule has 0 aliphatic carbocycles. The molecule has 0 amide bonds. The van der Waals surface area contributed by atoms with Gasteiger partial charge >= 0.3 is 0 Å². The molecule has 0 unspecified atom stereocenters. The monoisotopic (exact) mass is 454 g/mol. The van der Waals surface area contributed by atoms with E-state index >= 15 is 0 Å². The van der Waals surface area contributed by atoms with Crippen molar-refractivity contribution >= 4 is 28.9 Å². The van der Waals surface area contributed by atoms with Gasteiger partial charge in [0.2, 0.25) is 11.8 Å². The summed E-state index contributed by atoms with van der Waals surface area (Å²) in [5.74, 6) is 2.80. The van der Waals surface area contributed by atoms with Gasteiger partial charge in [0.05, 0.1) is 12.6 Å². The second-order valence-corrected chi connectivity index (χ2v) is 8.22. The molecular formula is C20H22N8O3S. The summed E-state index contributed by atoms with van der Waals surface area (Å²) in [6.45, 7) is 2.72. The second-order valence-electron chi connectivity index (χ2n) is 7.33. The summed E-state index contributed by atoms with van der Waals surface area (Å²) in [6.07, 6.45) is 3.60. The number of anilines is 3. The predicted octanol–water partition coefficient (Wildman–Crippen LogP) is 3.08. The van der Waals surface area contributed by atoms with Crippen LogP contribution in [0.4, 0.5) is 17.6 Å². The minimum Gasteiger partial charge on any atom is -0.475 e. The molecule has 166 valence electrons. The van der Waals surface area contributed by atoms with Gasteiger partial charge in [-0.1, -0.05) is 5.16 Å². The molecular weight excluding hydrogens is 432 g/mol. The Balaban J connectivity index is 1.44. The van der Waals surface area contributed by atoms with E-state index in [0.717, 1.165) is 41.5 Å². The van der Waals surface area contributed by atoms with E-state index < -0.39 is 0 Å². The van der Waals surface area contributed by atoms with Crippen LogP contribution >= 0.6 is 11.3 Å². The van der Waals surface area contributed by atoms with Crippen LogP contribution in [0.1, 0.15) is 30.3 Å². The molecule has 0 aromatic carbocycles. The van der Waals surface area contributed by atoms with Gasteiger partial charge in [0.25, 0.3) is 0 Å².